The van der Waals surface area contributed by atoms with E-state index in [4.69, 9.17) is 0 Å². The van der Waals surface area contributed by atoms with Crippen LogP contribution < -0.4 is 0 Å². The van der Waals surface area contributed by atoms with Gasteiger partial charge in [0.2, 0.25) is 0 Å². The van der Waals surface area contributed by atoms with Crippen molar-refractivity contribution in [2.45, 2.75) is 84.0 Å². The fourth-order valence-corrected chi connectivity index (χ4v) is 3.38. The molecular weight excluding hydrogens is 280 g/mol. The van der Waals surface area contributed by atoms with E-state index in [0.29, 0.717) is 6.42 Å². The van der Waals surface area contributed by atoms with Gasteiger partial charge in [0.25, 0.3) is 0 Å². The Hall–Kier alpha value is -1.32. The first kappa shape index (κ1) is 18.7. The third kappa shape index (κ3) is 6.20. The fraction of sp³-hybridized carbons (Fsp3) is 0.778. The predicted octanol–water partition coefficient (Wildman–Crippen LogP) is 4.78. The zero-order valence-electron chi connectivity index (χ0n) is 13.8. The van der Waals surface area contributed by atoms with Gasteiger partial charge in [0.05, 0.1) is 5.57 Å². The predicted molar refractivity (Wildman–Crippen MR) is 86.9 cm³/mol. The number of carboxylic acids is 2. The van der Waals surface area contributed by atoms with Crippen LogP contribution in [0.3, 0.4) is 0 Å². The third-order valence-corrected chi connectivity index (χ3v) is 4.61. The average molecular weight is 310 g/mol. The van der Waals surface area contributed by atoms with Crippen molar-refractivity contribution in [1.82, 2.24) is 0 Å². The Kier molecular flexibility index (Phi) is 8.86. The molecular formula is C18H30O4. The van der Waals surface area contributed by atoms with E-state index in [1.807, 2.05) is 0 Å². The van der Waals surface area contributed by atoms with Gasteiger partial charge in [-0.05, 0) is 31.6 Å². The van der Waals surface area contributed by atoms with Crippen molar-refractivity contribution in [2.75, 3.05) is 0 Å². The molecule has 4 nitrogen and oxygen atoms in total. The number of unbranched alkanes of at least 4 members (excludes halogenated alkanes) is 5. The van der Waals surface area contributed by atoms with E-state index in [1.54, 1.807) is 0 Å². The van der Waals surface area contributed by atoms with E-state index in [9.17, 15) is 19.8 Å². The zero-order valence-corrected chi connectivity index (χ0v) is 13.8. The van der Waals surface area contributed by atoms with Gasteiger partial charge in [-0.3, -0.25) is 0 Å². The van der Waals surface area contributed by atoms with Crippen LogP contribution in [0.25, 0.3) is 0 Å². The van der Waals surface area contributed by atoms with Crippen LogP contribution in [0, 0.1) is 5.92 Å². The molecule has 0 bridgehead atoms. The summed E-state index contributed by atoms with van der Waals surface area (Å²) in [6, 6.07) is 0. The van der Waals surface area contributed by atoms with E-state index in [-0.39, 0.29) is 17.1 Å². The van der Waals surface area contributed by atoms with E-state index in [1.165, 1.54) is 19.3 Å². The molecule has 0 aromatic rings. The fourth-order valence-electron chi connectivity index (χ4n) is 3.38. The molecule has 0 amide bonds. The minimum absolute atomic E-state index is 0.0718. The van der Waals surface area contributed by atoms with Crippen LogP contribution >= 0.6 is 0 Å². The molecule has 2 N–H and O–H groups in total. The lowest BCUT2D eigenvalue weighted by Gasteiger charge is -2.24. The normalized spacial score (nSPS) is 17.1. The van der Waals surface area contributed by atoms with Gasteiger partial charge in [0.1, 0.15) is 0 Å². The molecule has 0 aliphatic heterocycles. The Morgan fingerprint density at radius 1 is 0.864 bits per heavy atom. The highest BCUT2D eigenvalue weighted by Gasteiger charge is 2.28. The molecule has 0 heterocycles. The van der Waals surface area contributed by atoms with Crippen molar-refractivity contribution in [2.24, 2.45) is 5.92 Å². The Morgan fingerprint density at radius 3 is 2.00 bits per heavy atom. The van der Waals surface area contributed by atoms with Crippen LogP contribution in [0.4, 0.5) is 0 Å². The Labute approximate surface area is 133 Å². The molecule has 0 spiro atoms. The Balaban J connectivity index is 2.69. The van der Waals surface area contributed by atoms with Gasteiger partial charge in [0.15, 0.2) is 0 Å². The highest BCUT2D eigenvalue weighted by Crippen LogP contribution is 2.33. The third-order valence-electron chi connectivity index (χ3n) is 4.61. The van der Waals surface area contributed by atoms with Crippen LogP contribution in [0.1, 0.15) is 84.0 Å². The lowest BCUT2D eigenvalue weighted by Crippen LogP contribution is -2.21. The van der Waals surface area contributed by atoms with Crippen molar-refractivity contribution in [3.8, 4) is 0 Å². The largest absolute Gasteiger partial charge is 0.478 e. The summed E-state index contributed by atoms with van der Waals surface area (Å²) >= 11 is 0. The number of hydrogen-bond acceptors (Lipinski definition) is 2. The molecule has 0 atom stereocenters. The minimum Gasteiger partial charge on any atom is -0.478 e. The molecule has 126 valence electrons. The molecule has 0 radical (unpaired) electrons. The van der Waals surface area contributed by atoms with E-state index >= 15 is 0 Å². The van der Waals surface area contributed by atoms with E-state index in [2.05, 4.69) is 6.92 Å². The molecule has 1 saturated carbocycles. The maximum Gasteiger partial charge on any atom is 0.332 e. The molecule has 1 aliphatic carbocycles. The molecule has 1 aliphatic rings. The number of hydrogen-bond donors (Lipinski definition) is 2. The van der Waals surface area contributed by atoms with Crippen LogP contribution in [0.5, 0.6) is 0 Å². The summed E-state index contributed by atoms with van der Waals surface area (Å²) in [6.45, 7) is 2.16. The van der Waals surface area contributed by atoms with Crippen LogP contribution in [-0.2, 0) is 9.59 Å². The van der Waals surface area contributed by atoms with Gasteiger partial charge in [-0.15, -0.1) is 0 Å². The van der Waals surface area contributed by atoms with Crippen molar-refractivity contribution >= 4 is 11.9 Å². The second-order valence-corrected chi connectivity index (χ2v) is 6.36. The quantitative estimate of drug-likeness (QED) is 0.449. The van der Waals surface area contributed by atoms with Gasteiger partial charge in [0, 0.05) is 5.57 Å². The maximum absolute atomic E-state index is 11.6. The average Bonchev–Trinajstić information content (AvgIpc) is 2.49. The SMILES string of the molecule is CCCCCCCCC(C(=O)O)=C(C(=O)O)C1CCCCC1. The second-order valence-electron chi connectivity index (χ2n) is 6.36. The number of aliphatic carboxylic acids is 2. The summed E-state index contributed by atoms with van der Waals surface area (Å²) in [4.78, 5) is 23.1. The molecule has 0 aromatic heterocycles. The lowest BCUT2D eigenvalue weighted by atomic mass is 9.81. The minimum atomic E-state index is -1.04. The van der Waals surface area contributed by atoms with E-state index in [0.717, 1.165) is 51.4 Å². The topological polar surface area (TPSA) is 74.6 Å². The van der Waals surface area contributed by atoms with Gasteiger partial charge < -0.3 is 10.2 Å². The van der Waals surface area contributed by atoms with Gasteiger partial charge in [-0.1, -0.05) is 58.3 Å². The van der Waals surface area contributed by atoms with Crippen molar-refractivity contribution in [1.29, 1.82) is 0 Å². The van der Waals surface area contributed by atoms with Gasteiger partial charge in [-0.25, -0.2) is 9.59 Å². The highest BCUT2D eigenvalue weighted by molar-refractivity contribution is 5.99. The standard InChI is InChI=1S/C18H30O4/c1-2-3-4-5-6-10-13-15(17(19)20)16(18(21)22)14-11-8-7-9-12-14/h14H,2-13H2,1H3,(H,19,20)(H,21,22). The van der Waals surface area contributed by atoms with Crippen LogP contribution in [-0.4, -0.2) is 22.2 Å². The Morgan fingerprint density at radius 2 is 1.45 bits per heavy atom. The zero-order chi connectivity index (χ0) is 16.4. The molecule has 22 heavy (non-hydrogen) atoms. The summed E-state index contributed by atoms with van der Waals surface area (Å²) in [6.07, 6.45) is 11.6. The first-order valence-electron chi connectivity index (χ1n) is 8.77. The summed E-state index contributed by atoms with van der Waals surface area (Å²) in [5.74, 6) is -2.15. The maximum atomic E-state index is 11.6. The van der Waals surface area contributed by atoms with Gasteiger partial charge >= 0.3 is 11.9 Å². The van der Waals surface area contributed by atoms with Gasteiger partial charge in [-0.2, -0.15) is 0 Å². The molecule has 0 aromatic carbocycles. The molecule has 1 fully saturated rings. The number of carbonyl (C=O) groups is 2. The first-order chi connectivity index (χ1) is 10.6. The first-order valence-corrected chi connectivity index (χ1v) is 8.77. The summed E-state index contributed by atoms with van der Waals surface area (Å²) in [5, 5.41) is 18.9. The summed E-state index contributed by atoms with van der Waals surface area (Å²) < 4.78 is 0. The monoisotopic (exact) mass is 310 g/mol. The molecule has 0 unspecified atom stereocenters. The number of carboxylic acid groups (broad SMARTS) is 2. The van der Waals surface area contributed by atoms with Crippen LogP contribution in [0.15, 0.2) is 11.1 Å². The molecule has 0 saturated heterocycles. The van der Waals surface area contributed by atoms with Crippen molar-refractivity contribution in [3.63, 3.8) is 0 Å². The van der Waals surface area contributed by atoms with Crippen molar-refractivity contribution < 1.29 is 19.8 Å². The van der Waals surface area contributed by atoms with Crippen LogP contribution in [0.2, 0.25) is 0 Å². The number of rotatable bonds is 10. The smallest absolute Gasteiger partial charge is 0.332 e. The van der Waals surface area contributed by atoms with Crippen molar-refractivity contribution in [3.05, 3.63) is 11.1 Å². The highest BCUT2D eigenvalue weighted by atomic mass is 16.4. The van der Waals surface area contributed by atoms with E-state index < -0.39 is 11.9 Å². The molecule has 1 rings (SSSR count). The summed E-state index contributed by atoms with van der Waals surface area (Å²) in [7, 11) is 0. The molecule has 4 heteroatoms. The summed E-state index contributed by atoms with van der Waals surface area (Å²) in [5.41, 5.74) is 0.329. The second kappa shape index (κ2) is 10.4. The lowest BCUT2D eigenvalue weighted by molar-refractivity contribution is -0.136. The Bertz CT molecular complexity index is 392.